The van der Waals surface area contributed by atoms with E-state index < -0.39 is 0 Å². The highest BCUT2D eigenvalue weighted by molar-refractivity contribution is 5.77. The molecule has 1 atom stereocenters. The summed E-state index contributed by atoms with van der Waals surface area (Å²) in [5.41, 5.74) is 1.02. The minimum absolute atomic E-state index is 0.141. The zero-order valence-corrected chi connectivity index (χ0v) is 8.84. The van der Waals surface area contributed by atoms with Gasteiger partial charge >= 0.3 is 6.03 Å². The van der Waals surface area contributed by atoms with E-state index in [1.165, 1.54) is 4.90 Å². The number of hydrogen-bond acceptors (Lipinski definition) is 1. The van der Waals surface area contributed by atoms with Crippen LogP contribution in [-0.2, 0) is 0 Å². The molecule has 0 aliphatic carbocycles. The van der Waals surface area contributed by atoms with Crippen LogP contribution in [0.3, 0.4) is 0 Å². The van der Waals surface area contributed by atoms with Gasteiger partial charge in [-0.25, -0.2) is 4.79 Å². The maximum absolute atomic E-state index is 11.8. The minimum atomic E-state index is -0.152. The molecule has 2 amide bonds. The van der Waals surface area contributed by atoms with E-state index in [9.17, 15) is 4.79 Å². The molecule has 78 valence electrons. The van der Waals surface area contributed by atoms with Crippen LogP contribution >= 0.6 is 0 Å². The average molecular weight is 203 g/mol. The van der Waals surface area contributed by atoms with Crippen molar-refractivity contribution < 1.29 is 6.17 Å². The molecule has 1 heterocycles. The summed E-state index contributed by atoms with van der Waals surface area (Å²) in [4.78, 5) is 14.8. The number of benzene rings is 1. The van der Waals surface area contributed by atoms with Gasteiger partial charge in [0.2, 0.25) is 0 Å². The number of rotatable bonds is 1. The summed E-state index contributed by atoms with van der Waals surface area (Å²) >= 11 is 0. The molecule has 0 spiro atoms. The lowest BCUT2D eigenvalue weighted by Crippen LogP contribution is -2.41. The van der Waals surface area contributed by atoms with Gasteiger partial charge in [-0.1, -0.05) is 30.3 Å². The molecule has 3 nitrogen and oxygen atoms in total. The molecule has 1 aromatic carbocycles. The summed E-state index contributed by atoms with van der Waals surface area (Å²) in [5, 5.41) is 0. The molecule has 2 rings (SSSR count). The van der Waals surface area contributed by atoms with Crippen LogP contribution in [0.25, 0.3) is 0 Å². The van der Waals surface area contributed by atoms with Gasteiger partial charge in [-0.05, 0) is 11.6 Å². The van der Waals surface area contributed by atoms with E-state index in [4.69, 9.17) is 1.37 Å². The van der Waals surface area contributed by atoms with Gasteiger partial charge in [0, 0.05) is 20.3 Å². The van der Waals surface area contributed by atoms with Crippen molar-refractivity contribution in [2.24, 2.45) is 0 Å². The van der Waals surface area contributed by atoms with Crippen LogP contribution in [0.4, 0.5) is 4.79 Å². The molecule has 0 radical (unpaired) electrons. The number of nitrogens with zero attached hydrogens (tertiary/aromatic N) is 2. The van der Waals surface area contributed by atoms with Crippen molar-refractivity contribution in [1.82, 2.24) is 9.80 Å². The summed E-state index contributed by atoms with van der Waals surface area (Å²) in [6.45, 7) is 0. The van der Waals surface area contributed by atoms with Gasteiger partial charge in [0.15, 0.2) is 0 Å². The van der Waals surface area contributed by atoms with Crippen molar-refractivity contribution in [3.8, 4) is 0 Å². The van der Waals surface area contributed by atoms with Crippen molar-refractivity contribution >= 4 is 6.03 Å². The zero-order valence-electron chi connectivity index (χ0n) is 9.84. The van der Waals surface area contributed by atoms with Gasteiger partial charge in [-0.15, -0.1) is 0 Å². The van der Waals surface area contributed by atoms with Gasteiger partial charge in [0.05, 0.1) is 7.41 Å². The molecular formula is C12H14N2O. The maximum Gasteiger partial charge on any atom is 0.324 e. The summed E-state index contributed by atoms with van der Waals surface area (Å²) < 4.78 is 7.72. The first-order chi connectivity index (χ1) is 7.61. The van der Waals surface area contributed by atoms with E-state index in [0.29, 0.717) is 0 Å². The number of carbonyl (C=O) groups is 1. The van der Waals surface area contributed by atoms with E-state index in [2.05, 4.69) is 0 Å². The number of carbonyl (C=O) groups excluding carboxylic acids is 1. The number of amides is 2. The Morgan fingerprint density at radius 1 is 1.27 bits per heavy atom. The molecule has 0 fully saturated rings. The fourth-order valence-electron chi connectivity index (χ4n) is 1.68. The fourth-order valence-corrected chi connectivity index (χ4v) is 1.68. The molecule has 15 heavy (non-hydrogen) atoms. The third-order valence-corrected chi connectivity index (χ3v) is 2.57. The second-order valence-electron chi connectivity index (χ2n) is 3.60. The molecule has 3 heteroatoms. The van der Waals surface area contributed by atoms with Crippen molar-refractivity contribution in [2.45, 2.75) is 6.04 Å². The molecule has 1 aliphatic rings. The average Bonchev–Trinajstić information content (AvgIpc) is 2.32. The SMILES string of the molecule is [2H]C1=CC(c2ccccc2)N(C)C(=O)N1C. The van der Waals surface area contributed by atoms with Crippen LogP contribution in [0.5, 0.6) is 0 Å². The second kappa shape index (κ2) is 3.77. The van der Waals surface area contributed by atoms with E-state index in [-0.39, 0.29) is 18.2 Å². The summed E-state index contributed by atoms with van der Waals surface area (Å²) in [6.07, 6.45) is 2.02. The lowest BCUT2D eigenvalue weighted by molar-refractivity contribution is 0.171. The Kier molecular flexibility index (Phi) is 2.14. The number of hydrogen-bond donors (Lipinski definition) is 0. The minimum Gasteiger partial charge on any atom is -0.317 e. The van der Waals surface area contributed by atoms with E-state index in [0.717, 1.165) is 5.56 Å². The van der Waals surface area contributed by atoms with E-state index in [1.807, 2.05) is 30.3 Å². The van der Waals surface area contributed by atoms with E-state index >= 15 is 0 Å². The first-order valence-corrected chi connectivity index (χ1v) is 4.85. The van der Waals surface area contributed by atoms with Crippen LogP contribution in [-0.4, -0.2) is 29.9 Å². The van der Waals surface area contributed by atoms with Gasteiger partial charge < -0.3 is 9.80 Å². The standard InChI is InChI=1S/C12H14N2O/c1-13-9-8-11(14(2)12(13)15)10-6-4-3-5-7-10/h3-9,11H,1-2H3/i9D. The van der Waals surface area contributed by atoms with Crippen molar-refractivity contribution in [3.63, 3.8) is 0 Å². The summed E-state index contributed by atoms with van der Waals surface area (Å²) in [5.74, 6) is 0. The first-order valence-electron chi connectivity index (χ1n) is 5.35. The molecule has 1 aliphatic heterocycles. The van der Waals surface area contributed by atoms with Crippen molar-refractivity contribution in [1.29, 1.82) is 0 Å². The Bertz CT molecular complexity index is 430. The van der Waals surface area contributed by atoms with Crippen LogP contribution in [0.2, 0.25) is 0 Å². The lowest BCUT2D eigenvalue weighted by Gasteiger charge is -2.33. The molecule has 0 aromatic heterocycles. The molecule has 1 unspecified atom stereocenters. The monoisotopic (exact) mass is 203 g/mol. The second-order valence-corrected chi connectivity index (χ2v) is 3.60. The highest BCUT2D eigenvalue weighted by Gasteiger charge is 2.24. The fraction of sp³-hybridized carbons (Fsp3) is 0.250. The first kappa shape index (κ1) is 8.53. The predicted octanol–water partition coefficient (Wildman–Crippen LogP) is 2.24. The van der Waals surface area contributed by atoms with Crippen LogP contribution in [0.1, 0.15) is 13.0 Å². The lowest BCUT2D eigenvalue weighted by atomic mass is 10.1. The largest absolute Gasteiger partial charge is 0.324 e. The quantitative estimate of drug-likeness (QED) is 0.686. The number of likely N-dealkylation sites (N-methyl/N-ethyl adjacent to an activating group) is 1. The normalized spacial score (nSPS) is 22.5. The van der Waals surface area contributed by atoms with Crippen LogP contribution in [0.15, 0.2) is 42.6 Å². The highest BCUT2D eigenvalue weighted by atomic mass is 16.2. The Balaban J connectivity index is 2.39. The zero-order chi connectivity index (χ0) is 11.7. The van der Waals surface area contributed by atoms with Gasteiger partial charge in [-0.3, -0.25) is 0 Å². The van der Waals surface area contributed by atoms with Crippen molar-refractivity contribution in [3.05, 3.63) is 48.1 Å². The van der Waals surface area contributed by atoms with E-state index in [1.54, 1.807) is 25.1 Å². The van der Waals surface area contributed by atoms with Gasteiger partial charge in [0.25, 0.3) is 0 Å². The molecular weight excluding hydrogens is 188 g/mol. The highest BCUT2D eigenvalue weighted by Crippen LogP contribution is 2.24. The molecule has 0 bridgehead atoms. The maximum atomic E-state index is 11.8. The summed E-state index contributed by atoms with van der Waals surface area (Å²) in [7, 11) is 3.36. The smallest absolute Gasteiger partial charge is 0.317 e. The van der Waals surface area contributed by atoms with Crippen molar-refractivity contribution in [2.75, 3.05) is 14.1 Å². The molecule has 0 N–H and O–H groups in total. The Morgan fingerprint density at radius 3 is 2.60 bits per heavy atom. The topological polar surface area (TPSA) is 23.6 Å². The van der Waals surface area contributed by atoms with Gasteiger partial charge in [0.1, 0.15) is 0 Å². The van der Waals surface area contributed by atoms with Crippen LogP contribution in [0, 0.1) is 0 Å². The predicted molar refractivity (Wildman–Crippen MR) is 59.2 cm³/mol. The van der Waals surface area contributed by atoms with Gasteiger partial charge in [-0.2, -0.15) is 0 Å². The summed E-state index contributed by atoms with van der Waals surface area (Å²) in [6, 6.07) is 9.43. The third-order valence-electron chi connectivity index (χ3n) is 2.57. The Hall–Kier alpha value is -1.77. The Morgan fingerprint density at radius 2 is 1.93 bits per heavy atom. The molecule has 1 aromatic rings. The van der Waals surface area contributed by atoms with Crippen LogP contribution < -0.4 is 0 Å². The Labute approximate surface area is 91.0 Å². The number of urea groups is 1. The molecule has 0 saturated heterocycles. The molecule has 0 saturated carbocycles. The third kappa shape index (κ3) is 1.73.